The number of carbonyl (C=O) groups excluding carboxylic acids is 1. The van der Waals surface area contributed by atoms with E-state index in [1.807, 2.05) is 0 Å². The minimum absolute atomic E-state index is 0.131. The summed E-state index contributed by atoms with van der Waals surface area (Å²) >= 11 is 5.84. The first kappa shape index (κ1) is 20.5. The molecule has 1 aromatic carbocycles. The second-order valence-electron chi connectivity index (χ2n) is 7.24. The summed E-state index contributed by atoms with van der Waals surface area (Å²) in [5.74, 6) is -0.0416. The zero-order chi connectivity index (χ0) is 21.3. The van der Waals surface area contributed by atoms with E-state index < -0.39 is 11.7 Å². The van der Waals surface area contributed by atoms with Crippen molar-refractivity contribution < 1.29 is 22.4 Å². The fourth-order valence-corrected chi connectivity index (χ4v) is 3.86. The smallest absolute Gasteiger partial charge is 0.417 e. The molecule has 2 N–H and O–H groups in total. The normalized spacial score (nSPS) is 13.5. The Morgan fingerprint density at radius 1 is 1.17 bits per heavy atom. The van der Waals surface area contributed by atoms with E-state index in [2.05, 4.69) is 27.8 Å². The van der Waals surface area contributed by atoms with Crippen molar-refractivity contribution in [2.75, 3.05) is 18.4 Å². The molecule has 0 unspecified atom stereocenters. The van der Waals surface area contributed by atoms with Crippen molar-refractivity contribution in [2.24, 2.45) is 0 Å². The average Bonchev–Trinajstić information content (AvgIpc) is 3.30. The predicted octanol–water partition coefficient (Wildman–Crippen LogP) is 4.76. The molecule has 1 amide bonds. The molecule has 0 fully saturated rings. The Morgan fingerprint density at radius 2 is 1.93 bits per heavy atom. The SMILES string of the molecule is O=C(Cc1coc2cc3c(cc12)CCC3)NCCNc1ncc(C(F)(F)F)cc1Cl. The molecule has 0 bridgehead atoms. The Bertz CT molecular complexity index is 1100. The maximum Gasteiger partial charge on any atom is 0.417 e. The molecule has 9 heteroatoms. The maximum absolute atomic E-state index is 12.6. The lowest BCUT2D eigenvalue weighted by atomic mass is 10.0. The van der Waals surface area contributed by atoms with Crippen LogP contribution in [0.2, 0.25) is 5.02 Å². The van der Waals surface area contributed by atoms with Crippen LogP contribution < -0.4 is 10.6 Å². The zero-order valence-electron chi connectivity index (χ0n) is 15.9. The van der Waals surface area contributed by atoms with Crippen molar-refractivity contribution in [1.82, 2.24) is 10.3 Å². The standard InChI is InChI=1S/C21H19ClF3N3O2/c22-17-9-15(21(23,24)25)10-28-20(17)27-5-4-26-19(29)8-14-11-30-18-7-13-3-1-2-12(13)6-16(14)18/h6-7,9-11H,1-5,8H2,(H,26,29)(H,27,28). The molecule has 0 radical (unpaired) electrons. The largest absolute Gasteiger partial charge is 0.464 e. The number of anilines is 1. The molecule has 0 spiro atoms. The van der Waals surface area contributed by atoms with Gasteiger partial charge < -0.3 is 15.1 Å². The highest BCUT2D eigenvalue weighted by Gasteiger charge is 2.31. The van der Waals surface area contributed by atoms with E-state index in [-0.39, 0.29) is 36.3 Å². The molecule has 0 saturated carbocycles. The van der Waals surface area contributed by atoms with Gasteiger partial charge in [0.15, 0.2) is 0 Å². The number of hydrogen-bond acceptors (Lipinski definition) is 4. The first-order chi connectivity index (χ1) is 14.3. The number of furan rings is 1. The van der Waals surface area contributed by atoms with Crippen LogP contribution in [0.15, 0.2) is 35.1 Å². The summed E-state index contributed by atoms with van der Waals surface area (Å²) in [6, 6.07) is 4.99. The third kappa shape index (κ3) is 4.38. The van der Waals surface area contributed by atoms with Gasteiger partial charge in [-0.05, 0) is 48.6 Å². The van der Waals surface area contributed by atoms with Gasteiger partial charge in [0.25, 0.3) is 0 Å². The highest BCUT2D eigenvalue weighted by molar-refractivity contribution is 6.32. The molecule has 0 saturated heterocycles. The quantitative estimate of drug-likeness (QED) is 0.546. The molecule has 5 nitrogen and oxygen atoms in total. The first-order valence-electron chi connectivity index (χ1n) is 9.56. The van der Waals surface area contributed by atoms with Gasteiger partial charge in [-0.25, -0.2) is 4.98 Å². The molecule has 3 aromatic rings. The topological polar surface area (TPSA) is 67.2 Å². The van der Waals surface area contributed by atoms with Crippen molar-refractivity contribution in [3.8, 4) is 0 Å². The molecule has 158 valence electrons. The minimum atomic E-state index is -4.50. The van der Waals surface area contributed by atoms with Crippen molar-refractivity contribution >= 4 is 34.3 Å². The summed E-state index contributed by atoms with van der Waals surface area (Å²) in [6.45, 7) is 0.534. The van der Waals surface area contributed by atoms with Crippen LogP contribution in [0.1, 0.15) is 28.7 Å². The van der Waals surface area contributed by atoms with E-state index in [1.165, 1.54) is 11.1 Å². The summed E-state index contributed by atoms with van der Waals surface area (Å²) in [6.07, 6.45) is 1.27. The summed E-state index contributed by atoms with van der Waals surface area (Å²) in [7, 11) is 0. The number of carbonyl (C=O) groups is 1. The molecular weight excluding hydrogens is 419 g/mol. The average molecular weight is 438 g/mol. The fourth-order valence-electron chi connectivity index (χ4n) is 3.63. The number of rotatable bonds is 6. The van der Waals surface area contributed by atoms with E-state index in [9.17, 15) is 18.0 Å². The molecule has 2 aromatic heterocycles. The number of aryl methyl sites for hydroxylation is 2. The molecule has 0 aliphatic heterocycles. The molecular formula is C21H19ClF3N3O2. The lowest BCUT2D eigenvalue weighted by Crippen LogP contribution is -2.30. The fraction of sp³-hybridized carbons (Fsp3) is 0.333. The number of aromatic nitrogens is 1. The van der Waals surface area contributed by atoms with Crippen LogP contribution >= 0.6 is 11.6 Å². The van der Waals surface area contributed by atoms with Gasteiger partial charge in [0.1, 0.15) is 11.4 Å². The molecule has 30 heavy (non-hydrogen) atoms. The summed E-state index contributed by atoms with van der Waals surface area (Å²) < 4.78 is 43.5. The Labute approximate surface area is 175 Å². The number of pyridine rings is 1. The summed E-state index contributed by atoms with van der Waals surface area (Å²) in [5, 5.41) is 6.42. The van der Waals surface area contributed by atoms with E-state index in [0.717, 1.165) is 41.9 Å². The van der Waals surface area contributed by atoms with Crippen molar-refractivity contribution in [3.05, 3.63) is 57.9 Å². The summed E-state index contributed by atoms with van der Waals surface area (Å²) in [4.78, 5) is 16.0. The third-order valence-electron chi connectivity index (χ3n) is 5.13. The molecule has 0 atom stereocenters. The van der Waals surface area contributed by atoms with Crippen LogP contribution in [0.25, 0.3) is 11.0 Å². The second kappa shape index (κ2) is 8.18. The second-order valence-corrected chi connectivity index (χ2v) is 7.64. The first-order valence-corrected chi connectivity index (χ1v) is 9.94. The van der Waals surface area contributed by atoms with E-state index in [0.29, 0.717) is 6.20 Å². The number of hydrogen-bond donors (Lipinski definition) is 2. The van der Waals surface area contributed by atoms with E-state index in [4.69, 9.17) is 16.0 Å². The lowest BCUT2D eigenvalue weighted by molar-refractivity contribution is -0.137. The van der Waals surface area contributed by atoms with Crippen molar-refractivity contribution in [1.29, 1.82) is 0 Å². The van der Waals surface area contributed by atoms with Crippen molar-refractivity contribution in [3.63, 3.8) is 0 Å². The van der Waals surface area contributed by atoms with Gasteiger partial charge in [-0.15, -0.1) is 0 Å². The number of nitrogens with one attached hydrogen (secondary N) is 2. The maximum atomic E-state index is 12.6. The van der Waals surface area contributed by atoms with Crippen LogP contribution in [0, 0.1) is 0 Å². The number of fused-ring (bicyclic) bond motifs is 2. The Kier molecular flexibility index (Phi) is 5.60. The van der Waals surface area contributed by atoms with E-state index in [1.54, 1.807) is 6.26 Å². The van der Waals surface area contributed by atoms with Crippen LogP contribution in [0.3, 0.4) is 0 Å². The van der Waals surface area contributed by atoms with Gasteiger partial charge in [-0.2, -0.15) is 13.2 Å². The number of benzene rings is 1. The molecule has 4 rings (SSSR count). The minimum Gasteiger partial charge on any atom is -0.464 e. The summed E-state index contributed by atoms with van der Waals surface area (Å²) in [5.41, 5.74) is 3.34. The zero-order valence-corrected chi connectivity index (χ0v) is 16.7. The van der Waals surface area contributed by atoms with Gasteiger partial charge in [0.05, 0.1) is 23.3 Å². The number of nitrogens with zero attached hydrogens (tertiary/aromatic N) is 1. The number of alkyl halides is 3. The molecule has 1 aliphatic rings. The highest BCUT2D eigenvalue weighted by Crippen LogP contribution is 2.32. The number of amides is 1. The van der Waals surface area contributed by atoms with Gasteiger partial charge in [0.2, 0.25) is 5.91 Å². The third-order valence-corrected chi connectivity index (χ3v) is 5.42. The van der Waals surface area contributed by atoms with Crippen molar-refractivity contribution in [2.45, 2.75) is 31.9 Å². The Hall–Kier alpha value is -2.74. The Balaban J connectivity index is 1.29. The number of halogens is 4. The molecule has 1 aliphatic carbocycles. The highest BCUT2D eigenvalue weighted by atomic mass is 35.5. The van der Waals surface area contributed by atoms with E-state index >= 15 is 0 Å². The Morgan fingerprint density at radius 3 is 2.67 bits per heavy atom. The van der Waals surface area contributed by atoms with Gasteiger partial charge in [-0.3, -0.25) is 4.79 Å². The van der Waals surface area contributed by atoms with Gasteiger partial charge >= 0.3 is 6.18 Å². The monoisotopic (exact) mass is 437 g/mol. The lowest BCUT2D eigenvalue weighted by Gasteiger charge is -2.11. The van der Waals surface area contributed by atoms with Gasteiger partial charge in [0, 0.05) is 30.2 Å². The molecule has 2 heterocycles. The van der Waals surface area contributed by atoms with Crippen LogP contribution in [-0.4, -0.2) is 24.0 Å². The van der Waals surface area contributed by atoms with Crippen LogP contribution in [0.5, 0.6) is 0 Å². The van der Waals surface area contributed by atoms with Crippen LogP contribution in [-0.2, 0) is 30.2 Å². The van der Waals surface area contributed by atoms with Crippen LogP contribution in [0.4, 0.5) is 19.0 Å². The predicted molar refractivity (Wildman–Crippen MR) is 108 cm³/mol. The van der Waals surface area contributed by atoms with Gasteiger partial charge in [-0.1, -0.05) is 11.6 Å².